The number of aromatic hydroxyl groups is 1. The van der Waals surface area contributed by atoms with Crippen LogP contribution in [0.25, 0.3) is 0 Å². The summed E-state index contributed by atoms with van der Waals surface area (Å²) >= 11 is 0. The number of nitrogens with one attached hydrogen (secondary N) is 1. The Morgan fingerprint density at radius 1 is 1.16 bits per heavy atom. The molecule has 0 heterocycles. The molecule has 3 nitrogen and oxygen atoms in total. The summed E-state index contributed by atoms with van der Waals surface area (Å²) in [5.74, 6) is 0.0621. The van der Waals surface area contributed by atoms with E-state index in [0.29, 0.717) is 11.1 Å². The van der Waals surface area contributed by atoms with E-state index in [1.807, 2.05) is 37.3 Å². The topological polar surface area (TPSA) is 49.3 Å². The van der Waals surface area contributed by atoms with Crippen molar-refractivity contribution in [2.75, 3.05) is 0 Å². The van der Waals surface area contributed by atoms with Gasteiger partial charge in [-0.2, -0.15) is 0 Å². The zero-order chi connectivity index (χ0) is 13.8. The van der Waals surface area contributed by atoms with Crippen molar-refractivity contribution in [1.82, 2.24) is 5.32 Å². The van der Waals surface area contributed by atoms with E-state index in [1.54, 1.807) is 19.1 Å². The minimum atomic E-state index is -0.139. The van der Waals surface area contributed by atoms with Crippen LogP contribution in [0.5, 0.6) is 5.75 Å². The first kappa shape index (κ1) is 13.1. The molecule has 1 atom stereocenters. The highest BCUT2D eigenvalue weighted by molar-refractivity contribution is 5.94. The Bertz CT molecular complexity index is 579. The van der Waals surface area contributed by atoms with Gasteiger partial charge in [0.15, 0.2) is 0 Å². The third kappa shape index (κ3) is 3.13. The molecule has 0 saturated heterocycles. The van der Waals surface area contributed by atoms with Gasteiger partial charge in [-0.15, -0.1) is 0 Å². The van der Waals surface area contributed by atoms with Crippen LogP contribution in [-0.2, 0) is 0 Å². The van der Waals surface area contributed by atoms with E-state index in [9.17, 15) is 9.90 Å². The minimum Gasteiger partial charge on any atom is -0.508 e. The van der Waals surface area contributed by atoms with Gasteiger partial charge in [0.2, 0.25) is 0 Å². The molecule has 98 valence electrons. The zero-order valence-corrected chi connectivity index (χ0v) is 11.1. The number of carbonyl (C=O) groups excluding carboxylic acids is 1. The van der Waals surface area contributed by atoms with Gasteiger partial charge in [0, 0.05) is 5.56 Å². The Labute approximate surface area is 112 Å². The number of rotatable bonds is 3. The van der Waals surface area contributed by atoms with E-state index < -0.39 is 0 Å². The van der Waals surface area contributed by atoms with E-state index in [4.69, 9.17) is 0 Å². The highest BCUT2D eigenvalue weighted by atomic mass is 16.3. The maximum Gasteiger partial charge on any atom is 0.251 e. The smallest absolute Gasteiger partial charge is 0.251 e. The first-order valence-electron chi connectivity index (χ1n) is 6.23. The molecule has 0 saturated carbocycles. The van der Waals surface area contributed by atoms with Crippen LogP contribution >= 0.6 is 0 Å². The second kappa shape index (κ2) is 5.57. The third-order valence-corrected chi connectivity index (χ3v) is 3.11. The van der Waals surface area contributed by atoms with Crippen LogP contribution in [0.3, 0.4) is 0 Å². The summed E-state index contributed by atoms with van der Waals surface area (Å²) in [6.45, 7) is 3.72. The molecule has 0 bridgehead atoms. The average Bonchev–Trinajstić information content (AvgIpc) is 2.42. The van der Waals surface area contributed by atoms with Crippen LogP contribution in [0.2, 0.25) is 0 Å². The number of hydrogen-bond acceptors (Lipinski definition) is 2. The van der Waals surface area contributed by atoms with Crippen LogP contribution in [0.4, 0.5) is 0 Å². The second-order valence-corrected chi connectivity index (χ2v) is 4.61. The van der Waals surface area contributed by atoms with Crippen molar-refractivity contribution in [3.05, 3.63) is 65.2 Å². The number of phenols is 1. The largest absolute Gasteiger partial charge is 0.508 e. The predicted molar refractivity (Wildman–Crippen MR) is 75.2 cm³/mol. The Balaban J connectivity index is 2.11. The lowest BCUT2D eigenvalue weighted by Crippen LogP contribution is -2.26. The van der Waals surface area contributed by atoms with Crippen LogP contribution in [0, 0.1) is 6.92 Å². The lowest BCUT2D eigenvalue weighted by molar-refractivity contribution is 0.0940. The van der Waals surface area contributed by atoms with E-state index >= 15 is 0 Å². The van der Waals surface area contributed by atoms with Crippen molar-refractivity contribution < 1.29 is 9.90 Å². The lowest BCUT2D eigenvalue weighted by Gasteiger charge is -2.14. The minimum absolute atomic E-state index is 0.0530. The number of aryl methyl sites for hydroxylation is 1. The summed E-state index contributed by atoms with van der Waals surface area (Å²) in [5.41, 5.74) is 2.31. The monoisotopic (exact) mass is 255 g/mol. The Morgan fingerprint density at radius 3 is 2.47 bits per heavy atom. The van der Waals surface area contributed by atoms with Gasteiger partial charge in [0.1, 0.15) is 5.75 Å². The Hall–Kier alpha value is -2.29. The van der Waals surface area contributed by atoms with Crippen LogP contribution in [0.1, 0.15) is 34.5 Å². The summed E-state index contributed by atoms with van der Waals surface area (Å²) in [6.07, 6.45) is 0. The molecule has 19 heavy (non-hydrogen) atoms. The molecule has 1 unspecified atom stereocenters. The first-order chi connectivity index (χ1) is 9.08. The molecule has 2 rings (SSSR count). The van der Waals surface area contributed by atoms with Gasteiger partial charge in [-0.3, -0.25) is 4.79 Å². The van der Waals surface area contributed by atoms with Crippen molar-refractivity contribution >= 4 is 5.91 Å². The lowest BCUT2D eigenvalue weighted by atomic mass is 10.1. The maximum atomic E-state index is 12.1. The molecule has 0 aliphatic carbocycles. The van der Waals surface area contributed by atoms with Crippen molar-refractivity contribution in [3.8, 4) is 5.75 Å². The Morgan fingerprint density at radius 2 is 1.84 bits per heavy atom. The maximum absolute atomic E-state index is 12.1. The molecule has 0 radical (unpaired) electrons. The summed E-state index contributed by atoms with van der Waals surface area (Å²) in [5, 5.41) is 12.4. The quantitative estimate of drug-likeness (QED) is 0.885. The van der Waals surface area contributed by atoms with Gasteiger partial charge in [-0.05, 0) is 43.2 Å². The van der Waals surface area contributed by atoms with Crippen LogP contribution < -0.4 is 5.32 Å². The molecule has 1 amide bonds. The number of benzene rings is 2. The van der Waals surface area contributed by atoms with Crippen molar-refractivity contribution in [1.29, 1.82) is 0 Å². The second-order valence-electron chi connectivity index (χ2n) is 4.61. The fourth-order valence-electron chi connectivity index (χ4n) is 1.90. The van der Waals surface area contributed by atoms with Crippen LogP contribution in [0.15, 0.2) is 48.5 Å². The molecule has 0 fully saturated rings. The molecule has 2 aromatic carbocycles. The fourth-order valence-corrected chi connectivity index (χ4v) is 1.90. The van der Waals surface area contributed by atoms with Crippen molar-refractivity contribution in [3.63, 3.8) is 0 Å². The fraction of sp³-hybridized carbons (Fsp3) is 0.188. The third-order valence-electron chi connectivity index (χ3n) is 3.11. The van der Waals surface area contributed by atoms with Gasteiger partial charge in [0.05, 0.1) is 6.04 Å². The number of phenolic OH excluding ortho intramolecular Hbond substituents is 1. The van der Waals surface area contributed by atoms with Crippen molar-refractivity contribution in [2.24, 2.45) is 0 Å². The van der Waals surface area contributed by atoms with Gasteiger partial charge in [0.25, 0.3) is 5.91 Å². The van der Waals surface area contributed by atoms with Crippen LogP contribution in [-0.4, -0.2) is 11.0 Å². The molecule has 0 spiro atoms. The summed E-state index contributed by atoms with van der Waals surface area (Å²) in [4.78, 5) is 12.1. The standard InChI is InChI=1S/C16H17NO2/c1-11-10-14(8-9-15(11)18)16(19)17-12(2)13-6-4-3-5-7-13/h3-10,12,18H,1-2H3,(H,17,19). The van der Waals surface area contributed by atoms with Crippen molar-refractivity contribution in [2.45, 2.75) is 19.9 Å². The summed E-state index contributed by atoms with van der Waals surface area (Å²) < 4.78 is 0. The number of hydrogen-bond donors (Lipinski definition) is 2. The molecule has 0 aliphatic heterocycles. The first-order valence-corrected chi connectivity index (χ1v) is 6.23. The van der Waals surface area contributed by atoms with E-state index in [2.05, 4.69) is 5.32 Å². The zero-order valence-electron chi connectivity index (χ0n) is 11.1. The van der Waals surface area contributed by atoms with Gasteiger partial charge in [-0.25, -0.2) is 0 Å². The molecule has 2 aromatic rings. The predicted octanol–water partition coefficient (Wildman–Crippen LogP) is 3.19. The van der Waals surface area contributed by atoms with E-state index in [-0.39, 0.29) is 17.7 Å². The highest BCUT2D eigenvalue weighted by Gasteiger charge is 2.11. The highest BCUT2D eigenvalue weighted by Crippen LogP contribution is 2.18. The molecule has 0 aliphatic rings. The molecule has 2 N–H and O–H groups in total. The SMILES string of the molecule is Cc1cc(C(=O)NC(C)c2ccccc2)ccc1O. The Kier molecular flexibility index (Phi) is 3.85. The summed E-state index contributed by atoms with van der Waals surface area (Å²) in [7, 11) is 0. The average molecular weight is 255 g/mol. The molecule has 3 heteroatoms. The van der Waals surface area contributed by atoms with Gasteiger partial charge >= 0.3 is 0 Å². The van der Waals surface area contributed by atoms with E-state index in [1.165, 1.54) is 6.07 Å². The molecular weight excluding hydrogens is 238 g/mol. The number of amides is 1. The van der Waals surface area contributed by atoms with E-state index in [0.717, 1.165) is 5.56 Å². The summed E-state index contributed by atoms with van der Waals surface area (Å²) in [6, 6.07) is 14.6. The van der Waals surface area contributed by atoms with Gasteiger partial charge in [-0.1, -0.05) is 30.3 Å². The number of carbonyl (C=O) groups is 1. The van der Waals surface area contributed by atoms with Gasteiger partial charge < -0.3 is 10.4 Å². The molecular formula is C16H17NO2. The normalized spacial score (nSPS) is 11.9. The molecule has 0 aromatic heterocycles.